The van der Waals surface area contributed by atoms with E-state index in [9.17, 15) is 8.42 Å². The first kappa shape index (κ1) is 16.8. The number of aliphatic imine (C=N–C) groups is 1. The van der Waals surface area contributed by atoms with Gasteiger partial charge in [0, 0.05) is 33.2 Å². The molecule has 0 spiro atoms. The summed E-state index contributed by atoms with van der Waals surface area (Å²) >= 11 is 5.75. The highest BCUT2D eigenvalue weighted by Crippen LogP contribution is 2.15. The molecule has 7 heteroatoms. The van der Waals surface area contributed by atoms with Crippen molar-refractivity contribution in [2.24, 2.45) is 4.99 Å². The topological polar surface area (TPSA) is 53.0 Å². The molecule has 0 fully saturated rings. The van der Waals surface area contributed by atoms with Crippen LogP contribution < -0.4 is 0 Å². The molecule has 0 N–H and O–H groups in total. The van der Waals surface area contributed by atoms with Crippen LogP contribution in [0.5, 0.6) is 0 Å². The third kappa shape index (κ3) is 4.68. The fraction of sp³-hybridized carbons (Fsp3) is 0.462. The normalized spacial score (nSPS) is 11.1. The third-order valence-electron chi connectivity index (χ3n) is 2.59. The van der Waals surface area contributed by atoms with Crippen molar-refractivity contribution >= 4 is 27.4 Å². The van der Waals surface area contributed by atoms with Crippen molar-refractivity contribution in [2.45, 2.75) is 4.90 Å². The van der Waals surface area contributed by atoms with Gasteiger partial charge in [0.25, 0.3) is 0 Å². The first-order chi connectivity index (χ1) is 9.24. The van der Waals surface area contributed by atoms with Crippen LogP contribution in [0.2, 0.25) is 5.02 Å². The Morgan fingerprint density at radius 1 is 1.10 bits per heavy atom. The Balaban J connectivity index is 2.78. The van der Waals surface area contributed by atoms with Crippen LogP contribution in [-0.2, 0) is 9.84 Å². The number of guanidine groups is 1. The van der Waals surface area contributed by atoms with Crippen molar-refractivity contribution in [3.05, 3.63) is 29.3 Å². The SMILES string of the molecule is CN(C)C(=NCCS(=O)(=O)c1ccc(Cl)cc1)N(C)C. The molecule has 0 radical (unpaired) electrons. The van der Waals surface area contributed by atoms with Gasteiger partial charge < -0.3 is 9.80 Å². The van der Waals surface area contributed by atoms with Crippen molar-refractivity contribution in [3.63, 3.8) is 0 Å². The van der Waals surface area contributed by atoms with Crippen LogP contribution >= 0.6 is 11.6 Å². The molecule has 20 heavy (non-hydrogen) atoms. The summed E-state index contributed by atoms with van der Waals surface area (Å²) in [6.45, 7) is 0.219. The van der Waals surface area contributed by atoms with Gasteiger partial charge in [0.15, 0.2) is 15.8 Å². The van der Waals surface area contributed by atoms with Crippen molar-refractivity contribution in [3.8, 4) is 0 Å². The molecule has 0 aromatic heterocycles. The van der Waals surface area contributed by atoms with Gasteiger partial charge in [0.2, 0.25) is 0 Å². The summed E-state index contributed by atoms with van der Waals surface area (Å²) in [5, 5.41) is 0.518. The quantitative estimate of drug-likeness (QED) is 0.625. The molecule has 0 heterocycles. The van der Waals surface area contributed by atoms with Gasteiger partial charge in [-0.1, -0.05) is 11.6 Å². The molecule has 0 atom stereocenters. The Morgan fingerprint density at radius 2 is 1.60 bits per heavy atom. The number of hydrogen-bond acceptors (Lipinski definition) is 3. The molecule has 5 nitrogen and oxygen atoms in total. The monoisotopic (exact) mass is 317 g/mol. The molecule has 1 rings (SSSR count). The van der Waals surface area contributed by atoms with Gasteiger partial charge in [-0.2, -0.15) is 0 Å². The summed E-state index contributed by atoms with van der Waals surface area (Å²) in [5.41, 5.74) is 0. The van der Waals surface area contributed by atoms with Crippen LogP contribution in [0.3, 0.4) is 0 Å². The molecule has 0 amide bonds. The van der Waals surface area contributed by atoms with E-state index >= 15 is 0 Å². The lowest BCUT2D eigenvalue weighted by Gasteiger charge is -2.22. The molecule has 0 aliphatic rings. The van der Waals surface area contributed by atoms with Crippen LogP contribution in [0.4, 0.5) is 0 Å². The average Bonchev–Trinajstić information content (AvgIpc) is 2.34. The van der Waals surface area contributed by atoms with E-state index in [-0.39, 0.29) is 17.2 Å². The van der Waals surface area contributed by atoms with Crippen molar-refractivity contribution in [1.29, 1.82) is 0 Å². The summed E-state index contributed by atoms with van der Waals surface area (Å²) in [6, 6.07) is 6.17. The van der Waals surface area contributed by atoms with E-state index in [2.05, 4.69) is 4.99 Å². The smallest absolute Gasteiger partial charge is 0.195 e. The van der Waals surface area contributed by atoms with E-state index < -0.39 is 9.84 Å². The summed E-state index contributed by atoms with van der Waals surface area (Å²) < 4.78 is 24.3. The molecule has 0 unspecified atom stereocenters. The maximum Gasteiger partial charge on any atom is 0.195 e. The first-order valence-corrected chi connectivity index (χ1v) is 8.14. The molecule has 0 saturated carbocycles. The van der Waals surface area contributed by atoms with Gasteiger partial charge in [-0.15, -0.1) is 0 Å². The minimum Gasteiger partial charge on any atom is -0.349 e. The lowest BCUT2D eigenvalue weighted by Crippen LogP contribution is -2.35. The van der Waals surface area contributed by atoms with Crippen molar-refractivity contribution in [1.82, 2.24) is 9.80 Å². The van der Waals surface area contributed by atoms with E-state index in [4.69, 9.17) is 11.6 Å². The Bertz CT molecular complexity index is 556. The number of sulfone groups is 1. The van der Waals surface area contributed by atoms with Crippen LogP contribution in [-0.4, -0.2) is 64.7 Å². The average molecular weight is 318 g/mol. The molecule has 112 valence electrons. The number of rotatable bonds is 4. The summed E-state index contributed by atoms with van der Waals surface area (Å²) in [4.78, 5) is 8.27. The maximum absolute atomic E-state index is 12.1. The molecule has 0 bridgehead atoms. The number of hydrogen-bond donors (Lipinski definition) is 0. The molecular weight excluding hydrogens is 298 g/mol. The van der Waals surface area contributed by atoms with E-state index in [1.807, 2.05) is 38.0 Å². The third-order valence-corrected chi connectivity index (χ3v) is 4.55. The molecular formula is C13H20ClN3O2S. The van der Waals surface area contributed by atoms with Gasteiger partial charge >= 0.3 is 0 Å². The lowest BCUT2D eigenvalue weighted by molar-refractivity contribution is 0.480. The van der Waals surface area contributed by atoms with E-state index in [0.717, 1.165) is 5.96 Å². The standard InChI is InChI=1S/C13H20ClN3O2S/c1-16(2)13(17(3)4)15-9-10-20(18,19)12-7-5-11(14)6-8-12/h5-8H,9-10H2,1-4H3. The fourth-order valence-corrected chi connectivity index (χ4v) is 2.95. The van der Waals surface area contributed by atoms with E-state index in [1.165, 1.54) is 12.1 Å². The highest BCUT2D eigenvalue weighted by Gasteiger charge is 2.14. The second kappa shape index (κ2) is 6.95. The summed E-state index contributed by atoms with van der Waals surface area (Å²) in [6.07, 6.45) is 0. The lowest BCUT2D eigenvalue weighted by atomic mass is 10.4. The van der Waals surface area contributed by atoms with Crippen LogP contribution in [0.1, 0.15) is 0 Å². The highest BCUT2D eigenvalue weighted by atomic mass is 35.5. The van der Waals surface area contributed by atoms with Gasteiger partial charge in [0.1, 0.15) is 0 Å². The molecule has 1 aromatic rings. The molecule has 0 aliphatic heterocycles. The van der Waals surface area contributed by atoms with Gasteiger partial charge in [-0.3, -0.25) is 4.99 Å². The zero-order valence-electron chi connectivity index (χ0n) is 12.2. The Labute approximate surface area is 125 Å². The van der Waals surface area contributed by atoms with Crippen LogP contribution in [0.15, 0.2) is 34.2 Å². The maximum atomic E-state index is 12.1. The molecule has 0 aliphatic carbocycles. The highest BCUT2D eigenvalue weighted by molar-refractivity contribution is 7.91. The number of halogens is 1. The Hall–Kier alpha value is -1.27. The van der Waals surface area contributed by atoms with E-state index in [1.54, 1.807) is 12.1 Å². The zero-order chi connectivity index (χ0) is 15.3. The second-order valence-electron chi connectivity index (χ2n) is 4.74. The van der Waals surface area contributed by atoms with Gasteiger partial charge in [-0.05, 0) is 24.3 Å². The van der Waals surface area contributed by atoms with Crippen molar-refractivity contribution in [2.75, 3.05) is 40.5 Å². The minimum absolute atomic E-state index is 0.0280. The largest absolute Gasteiger partial charge is 0.349 e. The van der Waals surface area contributed by atoms with Crippen LogP contribution in [0, 0.1) is 0 Å². The van der Waals surface area contributed by atoms with Crippen molar-refractivity contribution < 1.29 is 8.42 Å². The summed E-state index contributed by atoms with van der Waals surface area (Å²) in [7, 11) is 4.14. The molecule has 1 aromatic carbocycles. The predicted molar refractivity (Wildman–Crippen MR) is 83.2 cm³/mol. The second-order valence-corrected chi connectivity index (χ2v) is 7.29. The van der Waals surface area contributed by atoms with Gasteiger partial charge in [0.05, 0.1) is 17.2 Å². The minimum atomic E-state index is -3.33. The Morgan fingerprint density at radius 3 is 2.05 bits per heavy atom. The first-order valence-electron chi connectivity index (χ1n) is 6.11. The summed E-state index contributed by atoms with van der Waals surface area (Å²) in [5.74, 6) is 0.705. The van der Waals surface area contributed by atoms with Gasteiger partial charge in [-0.25, -0.2) is 8.42 Å². The number of benzene rings is 1. The Kier molecular flexibility index (Phi) is 5.83. The van der Waals surface area contributed by atoms with Crippen LogP contribution in [0.25, 0.3) is 0 Å². The fourth-order valence-electron chi connectivity index (χ4n) is 1.71. The predicted octanol–water partition coefficient (Wildman–Crippen LogP) is 1.59. The number of nitrogens with zero attached hydrogens (tertiary/aromatic N) is 3. The zero-order valence-corrected chi connectivity index (χ0v) is 13.7. The molecule has 0 saturated heterocycles. The van der Waals surface area contributed by atoms with E-state index in [0.29, 0.717) is 5.02 Å².